The monoisotopic (exact) mass is 1060 g/mol. The maximum absolute atomic E-state index is 13.8. The van der Waals surface area contributed by atoms with Crippen LogP contribution in [0.15, 0.2) is 56.1 Å². The summed E-state index contributed by atoms with van der Waals surface area (Å²) in [6, 6.07) is 2.61. The number of rotatable bonds is 8. The molecule has 0 aliphatic carbocycles. The highest BCUT2D eigenvalue weighted by atomic mass is 19.3. The minimum Gasteiger partial charge on any atom is -0.394 e. The molecule has 0 amide bonds. The normalized spacial score (nSPS) is 30.7. The van der Waals surface area contributed by atoms with Crippen LogP contribution in [0.1, 0.15) is 64.6 Å². The molecule has 0 aromatic carbocycles. The van der Waals surface area contributed by atoms with Gasteiger partial charge >= 0.3 is 34.6 Å². The molecule has 4 aromatic heterocycles. The second-order valence-corrected chi connectivity index (χ2v) is 16.1. The molecule has 14 atom stereocenters. The van der Waals surface area contributed by atoms with Crippen molar-refractivity contribution in [2.24, 2.45) is 0 Å². The molecule has 0 spiro atoms. The molecule has 408 valence electrons. The molecule has 4 aromatic rings. The highest BCUT2D eigenvalue weighted by molar-refractivity contribution is 5.35. The van der Waals surface area contributed by atoms with Crippen LogP contribution in [0.5, 0.6) is 0 Å². The molecule has 24 nitrogen and oxygen atoms in total. The van der Waals surface area contributed by atoms with Gasteiger partial charge in [-0.15, -0.1) is 0 Å². The van der Waals surface area contributed by atoms with E-state index in [9.17, 15) is 68.9 Å². The Hall–Kier alpha value is -6.23. The van der Waals surface area contributed by atoms with Gasteiger partial charge in [0.15, 0.2) is 54.9 Å². The Bertz CT molecular complexity index is 2580. The Labute approximate surface area is 405 Å². The van der Waals surface area contributed by atoms with Crippen molar-refractivity contribution in [3.8, 4) is 0 Å². The van der Waals surface area contributed by atoms with Gasteiger partial charge in [0.2, 0.25) is 12.5 Å². The fourth-order valence-corrected chi connectivity index (χ4v) is 7.31. The van der Waals surface area contributed by atoms with Crippen molar-refractivity contribution in [2.45, 2.75) is 139 Å². The van der Waals surface area contributed by atoms with Gasteiger partial charge in [0.05, 0.1) is 31.6 Å². The number of aryl methyl sites for hydroxylation is 1. The largest absolute Gasteiger partial charge is 0.394 e. The number of ether oxygens (including phenoxy) is 4. The third-order valence-corrected chi connectivity index (χ3v) is 11.3. The molecule has 4 fully saturated rings. The second-order valence-electron chi connectivity index (χ2n) is 16.1. The predicted octanol–water partition coefficient (Wildman–Crippen LogP) is 0.125. The van der Waals surface area contributed by atoms with Crippen molar-refractivity contribution in [2.75, 3.05) is 36.1 Å². The summed E-state index contributed by atoms with van der Waals surface area (Å²) in [5.74, 6) is -9.31. The van der Waals surface area contributed by atoms with Crippen LogP contribution in [0.2, 0.25) is 0 Å². The number of hydrogen-bond acceptors (Lipinski definition) is 20. The lowest BCUT2D eigenvalue weighted by atomic mass is 10.1. The summed E-state index contributed by atoms with van der Waals surface area (Å²) in [4.78, 5) is 59.2. The van der Waals surface area contributed by atoms with Crippen LogP contribution in [0.25, 0.3) is 0 Å². The zero-order valence-corrected chi connectivity index (χ0v) is 37.7. The number of nitrogens with zero attached hydrogens (tertiary/aromatic N) is 8. The fraction of sp³-hybridized carbons (Fsp3) is 0.600. The van der Waals surface area contributed by atoms with Gasteiger partial charge in [0.1, 0.15) is 35.8 Å². The van der Waals surface area contributed by atoms with Gasteiger partial charge in [-0.25, -0.2) is 41.1 Å². The van der Waals surface area contributed by atoms with Crippen molar-refractivity contribution in [3.05, 3.63) is 90.2 Å². The van der Waals surface area contributed by atoms with E-state index in [-0.39, 0.29) is 31.3 Å². The molecular formula is C40H53F9N12O12. The number of nitrogen functional groups attached to an aromatic ring is 4. The van der Waals surface area contributed by atoms with Gasteiger partial charge in [-0.05, 0) is 31.9 Å². The molecule has 0 bridgehead atoms. The average Bonchev–Trinajstić information content (AvgIpc) is 3.94. The number of aliphatic hydroxyl groups excluding tert-OH is 4. The van der Waals surface area contributed by atoms with Crippen LogP contribution >= 0.6 is 0 Å². The van der Waals surface area contributed by atoms with E-state index in [1.807, 2.05) is 0 Å². The van der Waals surface area contributed by atoms with Gasteiger partial charge in [-0.1, -0.05) is 21.3 Å². The number of anilines is 4. The van der Waals surface area contributed by atoms with Gasteiger partial charge in [-0.2, -0.15) is 37.5 Å². The van der Waals surface area contributed by atoms with Crippen molar-refractivity contribution in [3.63, 3.8) is 0 Å². The number of alkyl halides is 8. The summed E-state index contributed by atoms with van der Waals surface area (Å²) < 4.78 is 145. The quantitative estimate of drug-likeness (QED) is 0.109. The lowest BCUT2D eigenvalue weighted by Gasteiger charge is -2.21. The SMILES string of the molecule is C.CCC1OC(n2cc([18F])c(N)nc2=O)C(F)(F)C1O.CCC1OC(n2ccc(N)nc2=O)C([18F])C1F.Cc1cn(C2OC(CO)C(O)C2(F)F)c(=O)nc1N.Nc1ccn(C2OC(CO)C(F)C2[18F])c(=O)n1. The molecular weight excluding hydrogens is 1010 g/mol. The minimum absolute atomic E-state index is 0. The van der Waals surface area contributed by atoms with Gasteiger partial charge < -0.3 is 62.3 Å². The first-order valence-corrected chi connectivity index (χ1v) is 21.3. The Morgan fingerprint density at radius 3 is 1.34 bits per heavy atom. The molecule has 8 heterocycles. The first kappa shape index (κ1) is 59.3. The standard InChI is InChI=1S/C10H12F3N3O3.C10H13F2N3O4.C10H13F2N3O2.C9H11F2N3O3.CH4/c1-2-5-6(17)10(12,13)8(19-5)16-3-4(11)7(14)15-9(16)18;1-4-2-15(9(18)14-7(4)13)8-10(11,12)6(17)5(3-16)19-8;1-2-5-7(11)8(12)9(17-5)15-4-3-6(13)14-10(15)16;10-6-4(3-15)17-8(7(6)11)14-2-1-5(12)13-9(14)16;/h3,5-6,8,17H,2H2,1H3,(H2,14,15,18);2,5-6,8,16-17H,3H2,1H3,(H2,13,14,18);3-5,7-9H,2H2,1H3,(H2,13,14,16);1-2,4,6-8,15H,3H2,(H2,12,13,16);1H4/i11-1;;12-1;11-1;. The lowest BCUT2D eigenvalue weighted by Crippen LogP contribution is -2.42. The number of hydrogen-bond donors (Lipinski definition) is 8. The van der Waals surface area contributed by atoms with Crippen molar-refractivity contribution in [1.29, 1.82) is 0 Å². The van der Waals surface area contributed by atoms with Crippen LogP contribution in [-0.4, -0.2) is 145 Å². The topological polar surface area (TPSA) is 361 Å². The summed E-state index contributed by atoms with van der Waals surface area (Å²) in [7, 11) is 0. The van der Waals surface area contributed by atoms with Gasteiger partial charge in [0, 0.05) is 24.2 Å². The van der Waals surface area contributed by atoms with Gasteiger partial charge in [0.25, 0.3) is 0 Å². The summed E-state index contributed by atoms with van der Waals surface area (Å²) in [5, 5.41) is 36.4. The van der Waals surface area contributed by atoms with E-state index in [4.69, 9.17) is 52.1 Å². The third kappa shape index (κ3) is 12.2. The fourth-order valence-electron chi connectivity index (χ4n) is 7.31. The second kappa shape index (κ2) is 23.8. The summed E-state index contributed by atoms with van der Waals surface area (Å²) in [6.07, 6.45) is -19.0. The Kier molecular flexibility index (Phi) is 19.3. The number of aliphatic hydroxyl groups is 4. The molecule has 73 heavy (non-hydrogen) atoms. The molecule has 4 saturated heterocycles. The summed E-state index contributed by atoms with van der Waals surface area (Å²) in [6.45, 7) is 3.28. The van der Waals surface area contributed by atoms with Crippen LogP contribution in [-0.2, 0) is 18.9 Å². The van der Waals surface area contributed by atoms with E-state index < -0.39 is 146 Å². The Morgan fingerprint density at radius 2 is 0.959 bits per heavy atom. The van der Waals surface area contributed by atoms with E-state index in [0.29, 0.717) is 27.3 Å². The summed E-state index contributed by atoms with van der Waals surface area (Å²) in [5.41, 5.74) is 17.6. The van der Waals surface area contributed by atoms with Crippen LogP contribution < -0.4 is 45.7 Å². The number of halogens is 9. The number of nitrogens with two attached hydrogens (primary N) is 4. The molecule has 8 rings (SSSR count). The molecule has 0 radical (unpaired) electrons. The van der Waals surface area contributed by atoms with E-state index in [2.05, 4.69) is 19.9 Å². The van der Waals surface area contributed by atoms with Crippen molar-refractivity contribution < 1.29 is 78.9 Å². The van der Waals surface area contributed by atoms with Crippen LogP contribution in [0, 0.1) is 12.7 Å². The van der Waals surface area contributed by atoms with Crippen LogP contribution in [0.4, 0.5) is 62.8 Å². The highest BCUT2D eigenvalue weighted by Gasteiger charge is 2.60. The van der Waals surface area contributed by atoms with Crippen molar-refractivity contribution >= 4 is 23.3 Å². The smallest absolute Gasteiger partial charge is 0.352 e. The zero-order chi connectivity index (χ0) is 53.9. The first-order chi connectivity index (χ1) is 33.7. The molecule has 0 saturated carbocycles. The maximum Gasteiger partial charge on any atom is 0.352 e. The lowest BCUT2D eigenvalue weighted by molar-refractivity contribution is -0.141. The highest BCUT2D eigenvalue weighted by Crippen LogP contribution is 2.44. The van der Waals surface area contributed by atoms with E-state index in [1.54, 1.807) is 6.92 Å². The molecule has 4 aliphatic rings. The van der Waals surface area contributed by atoms with E-state index in [0.717, 1.165) is 15.3 Å². The third-order valence-electron chi connectivity index (χ3n) is 11.3. The van der Waals surface area contributed by atoms with Crippen molar-refractivity contribution in [1.82, 2.24) is 38.2 Å². The molecule has 4 aliphatic heterocycles. The molecule has 33 heteroatoms. The Balaban J connectivity index is 0.000000210. The van der Waals surface area contributed by atoms with Gasteiger partial charge in [-0.3, -0.25) is 18.3 Å². The van der Waals surface area contributed by atoms with E-state index >= 15 is 0 Å². The number of aromatic nitrogens is 8. The molecule has 12 N–H and O–H groups in total. The summed E-state index contributed by atoms with van der Waals surface area (Å²) >= 11 is 0. The Morgan fingerprint density at radius 1 is 0.575 bits per heavy atom. The van der Waals surface area contributed by atoms with E-state index in [1.165, 1.54) is 38.4 Å². The first-order valence-electron chi connectivity index (χ1n) is 21.3. The predicted molar refractivity (Wildman–Crippen MR) is 235 cm³/mol. The molecule has 14 unspecified atom stereocenters. The zero-order valence-electron chi connectivity index (χ0n) is 37.7. The maximum atomic E-state index is 13.8. The van der Waals surface area contributed by atoms with Crippen LogP contribution in [0.3, 0.4) is 0 Å². The average molecular weight is 1060 g/mol. The minimum atomic E-state index is -3.73.